The third-order valence-electron chi connectivity index (χ3n) is 4.12. The van der Waals surface area contributed by atoms with Gasteiger partial charge in [-0.2, -0.15) is 5.10 Å². The van der Waals surface area contributed by atoms with E-state index < -0.39 is 0 Å². The van der Waals surface area contributed by atoms with Crippen molar-refractivity contribution >= 4 is 6.03 Å². The van der Waals surface area contributed by atoms with Gasteiger partial charge in [0.05, 0.1) is 24.9 Å². The lowest BCUT2D eigenvalue weighted by molar-refractivity contribution is 0.233. The molecule has 0 aliphatic carbocycles. The molecule has 7 heteroatoms. The zero-order valence-corrected chi connectivity index (χ0v) is 13.8. The minimum atomic E-state index is -0.343. The highest BCUT2D eigenvalue weighted by atomic mass is 19.1. The van der Waals surface area contributed by atoms with Gasteiger partial charge in [0.2, 0.25) is 0 Å². The number of hydrogen-bond donors (Lipinski definition) is 2. The Balaban J connectivity index is 1.68. The molecule has 2 aromatic rings. The van der Waals surface area contributed by atoms with Crippen LogP contribution in [0, 0.1) is 5.82 Å². The summed E-state index contributed by atoms with van der Waals surface area (Å²) < 4.78 is 20.7. The summed E-state index contributed by atoms with van der Waals surface area (Å²) in [6.45, 7) is 2.42. The lowest BCUT2D eigenvalue weighted by Gasteiger charge is -2.20. The number of ether oxygens (including phenoxy) is 1. The zero-order chi connectivity index (χ0) is 17.1. The van der Waals surface area contributed by atoms with Crippen LogP contribution in [0.1, 0.15) is 43.0 Å². The van der Waals surface area contributed by atoms with Crippen molar-refractivity contribution in [3.8, 4) is 5.75 Å². The van der Waals surface area contributed by atoms with Crippen LogP contribution in [0.15, 0.2) is 30.6 Å². The Hall–Kier alpha value is -2.57. The Bertz CT molecular complexity index is 731. The molecule has 1 aliphatic heterocycles. The minimum absolute atomic E-state index is 0.159. The van der Waals surface area contributed by atoms with Gasteiger partial charge in [-0.15, -0.1) is 0 Å². The van der Waals surface area contributed by atoms with E-state index in [0.717, 1.165) is 24.0 Å². The van der Waals surface area contributed by atoms with Crippen molar-refractivity contribution in [3.63, 3.8) is 0 Å². The second kappa shape index (κ2) is 6.90. The van der Waals surface area contributed by atoms with Crippen LogP contribution in [0.5, 0.6) is 5.75 Å². The monoisotopic (exact) mass is 332 g/mol. The molecule has 0 radical (unpaired) electrons. The zero-order valence-electron chi connectivity index (χ0n) is 13.8. The number of aryl methyl sites for hydroxylation is 1. The number of benzene rings is 1. The fraction of sp³-hybridized carbons (Fsp3) is 0.412. The maximum absolute atomic E-state index is 13.4. The Morgan fingerprint density at radius 2 is 2.33 bits per heavy atom. The summed E-state index contributed by atoms with van der Waals surface area (Å²) in [5.74, 6) is 0.155. The highest BCUT2D eigenvalue weighted by molar-refractivity contribution is 5.75. The summed E-state index contributed by atoms with van der Waals surface area (Å²) in [6.07, 6.45) is 5.12. The lowest BCUT2D eigenvalue weighted by atomic mass is 10.0. The molecule has 0 spiro atoms. The van der Waals surface area contributed by atoms with Gasteiger partial charge < -0.3 is 15.4 Å². The molecule has 1 aromatic heterocycles. The lowest BCUT2D eigenvalue weighted by Crippen LogP contribution is -2.39. The summed E-state index contributed by atoms with van der Waals surface area (Å²) in [6, 6.07) is 3.79. The first kappa shape index (κ1) is 16.3. The third-order valence-corrected chi connectivity index (χ3v) is 4.12. The number of nitrogens with zero attached hydrogens (tertiary/aromatic N) is 2. The second-order valence-corrected chi connectivity index (χ2v) is 6.01. The van der Waals surface area contributed by atoms with E-state index in [1.165, 1.54) is 12.1 Å². The van der Waals surface area contributed by atoms with Gasteiger partial charge in [-0.25, -0.2) is 9.18 Å². The van der Waals surface area contributed by atoms with Gasteiger partial charge in [0.25, 0.3) is 0 Å². The summed E-state index contributed by atoms with van der Waals surface area (Å²) >= 11 is 0. The Kier molecular flexibility index (Phi) is 4.69. The van der Waals surface area contributed by atoms with Gasteiger partial charge in [0.1, 0.15) is 11.6 Å². The van der Waals surface area contributed by atoms with E-state index >= 15 is 0 Å². The molecule has 0 bridgehead atoms. The largest absolute Gasteiger partial charge is 0.493 e. The van der Waals surface area contributed by atoms with Crippen LogP contribution in [0.4, 0.5) is 9.18 Å². The van der Waals surface area contributed by atoms with Crippen LogP contribution in [-0.2, 0) is 7.05 Å². The first-order valence-corrected chi connectivity index (χ1v) is 8.01. The van der Waals surface area contributed by atoms with Crippen LogP contribution in [0.2, 0.25) is 0 Å². The Morgan fingerprint density at radius 3 is 3.08 bits per heavy atom. The normalized spacial score (nSPS) is 18.0. The van der Waals surface area contributed by atoms with Crippen LogP contribution < -0.4 is 15.4 Å². The van der Waals surface area contributed by atoms with Gasteiger partial charge in [-0.1, -0.05) is 6.07 Å². The number of fused-ring (bicyclic) bond motifs is 1. The maximum Gasteiger partial charge on any atom is 0.315 e. The molecule has 2 atom stereocenters. The second-order valence-electron chi connectivity index (χ2n) is 6.01. The summed E-state index contributed by atoms with van der Waals surface area (Å²) in [4.78, 5) is 12.3. The molecule has 24 heavy (non-hydrogen) atoms. The fourth-order valence-corrected chi connectivity index (χ4v) is 2.84. The number of urea groups is 1. The number of hydrogen-bond acceptors (Lipinski definition) is 3. The van der Waals surface area contributed by atoms with E-state index in [2.05, 4.69) is 15.7 Å². The maximum atomic E-state index is 13.4. The first-order chi connectivity index (χ1) is 11.5. The smallest absolute Gasteiger partial charge is 0.315 e. The first-order valence-electron chi connectivity index (χ1n) is 8.01. The molecule has 0 saturated heterocycles. The molecule has 6 nitrogen and oxygen atoms in total. The Morgan fingerprint density at radius 1 is 1.50 bits per heavy atom. The highest BCUT2D eigenvalue weighted by Crippen LogP contribution is 2.32. The molecule has 0 unspecified atom stereocenters. The number of halogens is 1. The van der Waals surface area contributed by atoms with Gasteiger partial charge in [0, 0.05) is 30.4 Å². The SMILES string of the molecule is C[C@@H](NC(=O)N[C@@H]1CCCOc2cc(F)ccc21)c1cnn(C)c1. The van der Waals surface area contributed by atoms with Gasteiger partial charge in [-0.3, -0.25) is 4.68 Å². The molecule has 0 saturated carbocycles. The van der Waals surface area contributed by atoms with Crippen molar-refractivity contribution in [2.75, 3.05) is 6.61 Å². The van der Waals surface area contributed by atoms with Crippen molar-refractivity contribution in [1.82, 2.24) is 20.4 Å². The predicted molar refractivity (Wildman–Crippen MR) is 87.2 cm³/mol. The van der Waals surface area contributed by atoms with Gasteiger partial charge in [0.15, 0.2) is 0 Å². The molecular formula is C17H21FN4O2. The number of carbonyl (C=O) groups is 1. The van der Waals surface area contributed by atoms with Crippen molar-refractivity contribution < 1.29 is 13.9 Å². The molecule has 2 heterocycles. The van der Waals surface area contributed by atoms with E-state index in [0.29, 0.717) is 12.4 Å². The van der Waals surface area contributed by atoms with Crippen LogP contribution in [0.3, 0.4) is 0 Å². The topological polar surface area (TPSA) is 68.2 Å². The summed E-state index contributed by atoms with van der Waals surface area (Å²) in [5.41, 5.74) is 1.73. The molecule has 3 rings (SSSR count). The fourth-order valence-electron chi connectivity index (χ4n) is 2.84. The third kappa shape index (κ3) is 3.67. The van der Waals surface area contributed by atoms with E-state index in [-0.39, 0.29) is 23.9 Å². The van der Waals surface area contributed by atoms with Crippen molar-refractivity contribution in [1.29, 1.82) is 0 Å². The van der Waals surface area contributed by atoms with E-state index in [1.807, 2.05) is 20.2 Å². The molecule has 2 N–H and O–H groups in total. The predicted octanol–water partition coefficient (Wildman–Crippen LogP) is 2.83. The van der Waals surface area contributed by atoms with E-state index in [1.54, 1.807) is 16.9 Å². The number of carbonyl (C=O) groups excluding carboxylic acids is 1. The molecule has 2 amide bonds. The molecule has 0 fully saturated rings. The van der Waals surface area contributed by atoms with E-state index in [4.69, 9.17) is 4.74 Å². The van der Waals surface area contributed by atoms with Gasteiger partial charge >= 0.3 is 6.03 Å². The van der Waals surface area contributed by atoms with E-state index in [9.17, 15) is 9.18 Å². The number of amides is 2. The standard InChI is InChI=1S/C17H21FN4O2/c1-11(12-9-19-22(2)10-12)20-17(23)21-15-4-3-7-24-16-8-13(18)5-6-14(15)16/h5-6,8-11,15H,3-4,7H2,1-2H3,(H2,20,21,23)/t11-,15-/m1/s1. The summed E-state index contributed by atoms with van der Waals surface area (Å²) in [5, 5.41) is 9.97. The number of rotatable bonds is 3. The van der Waals surface area contributed by atoms with Crippen molar-refractivity contribution in [2.45, 2.75) is 31.8 Å². The minimum Gasteiger partial charge on any atom is -0.493 e. The molecular weight excluding hydrogens is 311 g/mol. The highest BCUT2D eigenvalue weighted by Gasteiger charge is 2.22. The molecule has 128 valence electrons. The average molecular weight is 332 g/mol. The van der Waals surface area contributed by atoms with Crippen LogP contribution in [0.25, 0.3) is 0 Å². The molecule has 1 aromatic carbocycles. The quantitative estimate of drug-likeness (QED) is 0.908. The van der Waals surface area contributed by atoms with Crippen molar-refractivity contribution in [2.24, 2.45) is 7.05 Å². The van der Waals surface area contributed by atoms with Crippen LogP contribution in [-0.4, -0.2) is 22.4 Å². The van der Waals surface area contributed by atoms with Crippen molar-refractivity contribution in [3.05, 3.63) is 47.5 Å². The number of nitrogens with one attached hydrogen (secondary N) is 2. The number of aromatic nitrogens is 2. The molecule has 1 aliphatic rings. The van der Waals surface area contributed by atoms with Crippen LogP contribution >= 0.6 is 0 Å². The average Bonchev–Trinajstić information content (AvgIpc) is 2.88. The summed E-state index contributed by atoms with van der Waals surface area (Å²) in [7, 11) is 1.83. The van der Waals surface area contributed by atoms with Gasteiger partial charge in [-0.05, 0) is 25.8 Å². The Labute approximate surface area is 140 Å².